The minimum atomic E-state index is 0.647. The molecule has 0 saturated heterocycles. The lowest BCUT2D eigenvalue weighted by Gasteiger charge is -1.94. The van der Waals surface area contributed by atoms with Crippen LogP contribution in [0.25, 0.3) is 0 Å². The van der Waals surface area contributed by atoms with Gasteiger partial charge in [0, 0.05) is 12.6 Å². The largest absolute Gasteiger partial charge is 0.480 e. The highest BCUT2D eigenvalue weighted by atomic mass is 79.9. The van der Waals surface area contributed by atoms with Crippen LogP contribution in [0.2, 0.25) is 0 Å². The van der Waals surface area contributed by atoms with E-state index in [2.05, 4.69) is 21.0 Å². The van der Waals surface area contributed by atoms with E-state index in [9.17, 15) is 0 Å². The van der Waals surface area contributed by atoms with E-state index >= 15 is 0 Å². The van der Waals surface area contributed by atoms with Crippen molar-refractivity contribution in [2.75, 3.05) is 7.11 Å². The van der Waals surface area contributed by atoms with Crippen molar-refractivity contribution in [3.63, 3.8) is 0 Å². The zero-order chi connectivity index (χ0) is 7.56. The van der Waals surface area contributed by atoms with Crippen molar-refractivity contribution in [2.45, 2.75) is 13.5 Å². The molecular weight excluding hydrogens is 196 g/mol. The van der Waals surface area contributed by atoms with Crippen LogP contribution in [0.3, 0.4) is 0 Å². The summed E-state index contributed by atoms with van der Waals surface area (Å²) in [5, 5.41) is 4.09. The lowest BCUT2D eigenvalue weighted by molar-refractivity contribution is 0.389. The smallest absolute Gasteiger partial charge is 0.233 e. The first-order valence-electron chi connectivity index (χ1n) is 3.05. The van der Waals surface area contributed by atoms with Gasteiger partial charge in [-0.25, -0.2) is 0 Å². The fraction of sp³-hybridized carbons (Fsp3) is 0.500. The lowest BCUT2D eigenvalue weighted by atomic mass is 10.7. The van der Waals surface area contributed by atoms with Gasteiger partial charge in [0.1, 0.15) is 4.60 Å². The van der Waals surface area contributed by atoms with E-state index in [0.717, 1.165) is 11.1 Å². The first-order valence-corrected chi connectivity index (χ1v) is 3.84. The van der Waals surface area contributed by atoms with Crippen LogP contribution >= 0.6 is 15.9 Å². The minimum Gasteiger partial charge on any atom is -0.480 e. The molecule has 4 heteroatoms. The highest BCUT2D eigenvalue weighted by molar-refractivity contribution is 9.10. The second kappa shape index (κ2) is 3.05. The maximum absolute atomic E-state index is 4.92. The summed E-state index contributed by atoms with van der Waals surface area (Å²) < 4.78 is 7.68. The Labute approximate surface area is 68.1 Å². The molecule has 0 saturated carbocycles. The van der Waals surface area contributed by atoms with Gasteiger partial charge in [-0.3, -0.25) is 4.68 Å². The average Bonchev–Trinajstić information content (AvgIpc) is 2.30. The number of aromatic nitrogens is 2. The van der Waals surface area contributed by atoms with E-state index in [-0.39, 0.29) is 0 Å². The molecular formula is C6H9BrN2O. The molecule has 56 valence electrons. The Bertz CT molecular complexity index is 222. The summed E-state index contributed by atoms with van der Waals surface area (Å²) in [7, 11) is 1.61. The van der Waals surface area contributed by atoms with Crippen molar-refractivity contribution in [2.24, 2.45) is 0 Å². The molecule has 0 aliphatic rings. The van der Waals surface area contributed by atoms with Crippen LogP contribution in [0.5, 0.6) is 5.88 Å². The molecule has 1 rings (SSSR count). The summed E-state index contributed by atoms with van der Waals surface area (Å²) >= 11 is 3.34. The van der Waals surface area contributed by atoms with Crippen LogP contribution in [0.1, 0.15) is 6.92 Å². The highest BCUT2D eigenvalue weighted by Crippen LogP contribution is 2.16. The van der Waals surface area contributed by atoms with Crippen LogP contribution in [0, 0.1) is 0 Å². The number of halogens is 1. The molecule has 0 unspecified atom stereocenters. The molecule has 0 aromatic carbocycles. The Kier molecular flexibility index (Phi) is 2.32. The molecule has 1 aromatic heterocycles. The molecule has 0 atom stereocenters. The number of rotatable bonds is 2. The fourth-order valence-corrected chi connectivity index (χ4v) is 1.22. The van der Waals surface area contributed by atoms with Gasteiger partial charge in [-0.1, -0.05) is 0 Å². The van der Waals surface area contributed by atoms with Gasteiger partial charge in [-0.15, -0.1) is 5.10 Å². The molecule has 0 bridgehead atoms. The molecule has 3 nitrogen and oxygen atoms in total. The first-order chi connectivity index (χ1) is 4.77. The number of nitrogens with zero attached hydrogens (tertiary/aromatic N) is 2. The molecule has 1 aromatic rings. The molecule has 0 radical (unpaired) electrons. The van der Waals surface area contributed by atoms with Gasteiger partial charge in [0.05, 0.1) is 7.11 Å². The zero-order valence-electron chi connectivity index (χ0n) is 5.97. The van der Waals surface area contributed by atoms with E-state index in [1.165, 1.54) is 0 Å². The highest BCUT2D eigenvalue weighted by Gasteiger charge is 2.01. The van der Waals surface area contributed by atoms with E-state index in [1.807, 2.05) is 17.7 Å². The van der Waals surface area contributed by atoms with E-state index in [4.69, 9.17) is 4.74 Å². The quantitative estimate of drug-likeness (QED) is 0.734. The van der Waals surface area contributed by atoms with Gasteiger partial charge in [-0.05, 0) is 22.9 Å². The van der Waals surface area contributed by atoms with Crippen LogP contribution in [-0.2, 0) is 6.54 Å². The summed E-state index contributed by atoms with van der Waals surface area (Å²) in [6.07, 6.45) is 0. The molecule has 0 fully saturated rings. The fourth-order valence-electron chi connectivity index (χ4n) is 0.694. The van der Waals surface area contributed by atoms with Gasteiger partial charge < -0.3 is 4.74 Å². The Balaban J connectivity index is 2.92. The average molecular weight is 205 g/mol. The third-order valence-corrected chi connectivity index (χ3v) is 1.86. The van der Waals surface area contributed by atoms with Gasteiger partial charge in [0.15, 0.2) is 0 Å². The second-order valence-corrected chi connectivity index (χ2v) is 2.64. The maximum atomic E-state index is 4.92. The number of hydrogen-bond donors (Lipinski definition) is 0. The van der Waals surface area contributed by atoms with Crippen LogP contribution < -0.4 is 4.74 Å². The minimum absolute atomic E-state index is 0.647. The van der Waals surface area contributed by atoms with Crippen molar-refractivity contribution in [1.82, 2.24) is 9.78 Å². The van der Waals surface area contributed by atoms with Gasteiger partial charge in [0.25, 0.3) is 0 Å². The Morgan fingerprint density at radius 2 is 2.50 bits per heavy atom. The van der Waals surface area contributed by atoms with E-state index in [0.29, 0.717) is 5.88 Å². The van der Waals surface area contributed by atoms with Crippen LogP contribution in [0.4, 0.5) is 0 Å². The van der Waals surface area contributed by atoms with Gasteiger partial charge >= 0.3 is 0 Å². The molecule has 0 aliphatic heterocycles. The third kappa shape index (κ3) is 1.31. The standard InChI is InChI=1S/C6H9BrN2O/c1-3-9-5(7)4-6(8-9)10-2/h4H,3H2,1-2H3. The number of hydrogen-bond acceptors (Lipinski definition) is 2. The van der Waals surface area contributed by atoms with Crippen molar-refractivity contribution in [3.8, 4) is 5.88 Å². The van der Waals surface area contributed by atoms with Crippen molar-refractivity contribution in [1.29, 1.82) is 0 Å². The van der Waals surface area contributed by atoms with Gasteiger partial charge in [-0.2, -0.15) is 0 Å². The molecule has 0 spiro atoms. The summed E-state index contributed by atoms with van der Waals surface area (Å²) in [4.78, 5) is 0. The Hall–Kier alpha value is -0.510. The van der Waals surface area contributed by atoms with E-state index in [1.54, 1.807) is 7.11 Å². The molecule has 0 N–H and O–H groups in total. The van der Waals surface area contributed by atoms with Crippen LogP contribution in [-0.4, -0.2) is 16.9 Å². The normalized spacial score (nSPS) is 9.90. The van der Waals surface area contributed by atoms with Crippen molar-refractivity contribution < 1.29 is 4.74 Å². The number of methoxy groups -OCH3 is 1. The van der Waals surface area contributed by atoms with Crippen molar-refractivity contribution in [3.05, 3.63) is 10.7 Å². The monoisotopic (exact) mass is 204 g/mol. The SMILES string of the molecule is CCn1nc(OC)cc1Br. The van der Waals surface area contributed by atoms with Crippen molar-refractivity contribution >= 4 is 15.9 Å². The van der Waals surface area contributed by atoms with Gasteiger partial charge in [0.2, 0.25) is 5.88 Å². The molecule has 10 heavy (non-hydrogen) atoms. The first kappa shape index (κ1) is 7.60. The Morgan fingerprint density at radius 1 is 1.80 bits per heavy atom. The number of aryl methyl sites for hydroxylation is 1. The topological polar surface area (TPSA) is 27.1 Å². The zero-order valence-corrected chi connectivity index (χ0v) is 7.55. The predicted octanol–water partition coefficient (Wildman–Crippen LogP) is 1.67. The summed E-state index contributed by atoms with van der Waals surface area (Å²) in [6.45, 7) is 2.88. The Morgan fingerprint density at radius 3 is 2.80 bits per heavy atom. The summed E-state index contributed by atoms with van der Waals surface area (Å²) in [6, 6.07) is 1.84. The molecule has 0 aliphatic carbocycles. The second-order valence-electron chi connectivity index (χ2n) is 1.83. The predicted molar refractivity (Wildman–Crippen MR) is 42.2 cm³/mol. The molecule has 1 heterocycles. The number of ether oxygens (including phenoxy) is 1. The summed E-state index contributed by atoms with van der Waals surface area (Å²) in [5.41, 5.74) is 0. The maximum Gasteiger partial charge on any atom is 0.233 e. The van der Waals surface area contributed by atoms with E-state index < -0.39 is 0 Å². The third-order valence-electron chi connectivity index (χ3n) is 1.22. The summed E-state index contributed by atoms with van der Waals surface area (Å²) in [5.74, 6) is 0.647. The lowest BCUT2D eigenvalue weighted by Crippen LogP contribution is -1.96. The molecule has 0 amide bonds. The van der Waals surface area contributed by atoms with Crippen LogP contribution in [0.15, 0.2) is 10.7 Å².